The Bertz CT molecular complexity index is 700. The zero-order valence-corrected chi connectivity index (χ0v) is 12.5. The SMILES string of the molecule is O=C(Cn1cc([N+](=O)[O-])cn1)N1CCCC(c2ccccn2)C1. The number of hydrogen-bond acceptors (Lipinski definition) is 5. The highest BCUT2D eigenvalue weighted by Crippen LogP contribution is 2.25. The summed E-state index contributed by atoms with van der Waals surface area (Å²) >= 11 is 0. The van der Waals surface area contributed by atoms with Gasteiger partial charge in [-0.1, -0.05) is 6.07 Å². The molecule has 0 radical (unpaired) electrons. The van der Waals surface area contributed by atoms with Crippen molar-refractivity contribution >= 4 is 11.6 Å². The molecule has 3 rings (SSSR count). The van der Waals surface area contributed by atoms with Crippen LogP contribution in [-0.2, 0) is 11.3 Å². The van der Waals surface area contributed by atoms with E-state index in [1.165, 1.54) is 10.9 Å². The van der Waals surface area contributed by atoms with Gasteiger partial charge < -0.3 is 4.90 Å². The fourth-order valence-corrected chi connectivity index (χ4v) is 2.83. The average molecular weight is 315 g/mol. The molecule has 0 N–H and O–H groups in total. The molecule has 3 heterocycles. The van der Waals surface area contributed by atoms with Crippen LogP contribution in [0.4, 0.5) is 5.69 Å². The zero-order valence-electron chi connectivity index (χ0n) is 12.5. The van der Waals surface area contributed by atoms with Crippen molar-refractivity contribution in [2.75, 3.05) is 13.1 Å². The minimum absolute atomic E-state index is 0.0166. The molecule has 120 valence electrons. The lowest BCUT2D eigenvalue weighted by Crippen LogP contribution is -2.41. The maximum absolute atomic E-state index is 12.4. The van der Waals surface area contributed by atoms with Crippen LogP contribution in [0.1, 0.15) is 24.5 Å². The first-order valence-electron chi connectivity index (χ1n) is 7.49. The Kier molecular flexibility index (Phi) is 4.31. The van der Waals surface area contributed by atoms with Gasteiger partial charge in [-0.15, -0.1) is 0 Å². The fourth-order valence-electron chi connectivity index (χ4n) is 2.83. The second-order valence-electron chi connectivity index (χ2n) is 5.59. The third-order valence-corrected chi connectivity index (χ3v) is 4.01. The topological polar surface area (TPSA) is 94.2 Å². The van der Waals surface area contributed by atoms with E-state index in [1.54, 1.807) is 11.1 Å². The lowest BCUT2D eigenvalue weighted by Gasteiger charge is -2.32. The van der Waals surface area contributed by atoms with Crippen LogP contribution >= 0.6 is 0 Å². The highest BCUT2D eigenvalue weighted by molar-refractivity contribution is 5.76. The zero-order chi connectivity index (χ0) is 16.2. The summed E-state index contributed by atoms with van der Waals surface area (Å²) in [5.74, 6) is 0.157. The number of pyridine rings is 1. The Morgan fingerprint density at radius 2 is 2.30 bits per heavy atom. The summed E-state index contributed by atoms with van der Waals surface area (Å²) in [5, 5.41) is 14.5. The first-order chi connectivity index (χ1) is 11.1. The third-order valence-electron chi connectivity index (χ3n) is 4.01. The molecule has 23 heavy (non-hydrogen) atoms. The van der Waals surface area contributed by atoms with Crippen LogP contribution in [0.15, 0.2) is 36.8 Å². The number of rotatable bonds is 4. The second-order valence-corrected chi connectivity index (χ2v) is 5.59. The molecule has 0 saturated carbocycles. The maximum Gasteiger partial charge on any atom is 0.307 e. The van der Waals surface area contributed by atoms with E-state index in [0.717, 1.165) is 24.7 Å². The molecule has 8 nitrogen and oxygen atoms in total. The van der Waals surface area contributed by atoms with Crippen molar-refractivity contribution < 1.29 is 9.72 Å². The molecule has 0 aromatic carbocycles. The molecule has 0 bridgehead atoms. The van der Waals surface area contributed by atoms with Gasteiger partial charge in [-0.25, -0.2) is 0 Å². The van der Waals surface area contributed by atoms with Crippen molar-refractivity contribution in [1.82, 2.24) is 19.7 Å². The van der Waals surface area contributed by atoms with Crippen LogP contribution in [0.3, 0.4) is 0 Å². The monoisotopic (exact) mass is 315 g/mol. The van der Waals surface area contributed by atoms with Gasteiger partial charge in [0.1, 0.15) is 18.9 Å². The van der Waals surface area contributed by atoms with Gasteiger partial charge in [-0.2, -0.15) is 5.10 Å². The molecule has 2 aromatic rings. The second kappa shape index (κ2) is 6.55. The Morgan fingerprint density at radius 3 is 3.00 bits per heavy atom. The average Bonchev–Trinajstić information content (AvgIpc) is 3.04. The predicted octanol–water partition coefficient (Wildman–Crippen LogP) is 1.59. The summed E-state index contributed by atoms with van der Waals surface area (Å²) in [5.41, 5.74) is 0.891. The smallest absolute Gasteiger partial charge is 0.307 e. The number of aromatic nitrogens is 3. The number of piperidine rings is 1. The Morgan fingerprint density at radius 1 is 1.43 bits per heavy atom. The van der Waals surface area contributed by atoms with E-state index in [0.29, 0.717) is 13.1 Å². The van der Waals surface area contributed by atoms with Crippen LogP contribution < -0.4 is 0 Å². The summed E-state index contributed by atoms with van der Waals surface area (Å²) < 4.78 is 1.31. The molecule has 0 spiro atoms. The van der Waals surface area contributed by atoms with E-state index in [2.05, 4.69) is 10.1 Å². The summed E-state index contributed by atoms with van der Waals surface area (Å²) in [7, 11) is 0. The van der Waals surface area contributed by atoms with Crippen molar-refractivity contribution in [2.45, 2.75) is 25.3 Å². The number of carbonyl (C=O) groups is 1. The maximum atomic E-state index is 12.4. The Labute approximate surface area is 132 Å². The Hall–Kier alpha value is -2.77. The number of nitro groups is 1. The van der Waals surface area contributed by atoms with Gasteiger partial charge in [0.05, 0.1) is 4.92 Å². The van der Waals surface area contributed by atoms with Crippen molar-refractivity contribution in [3.8, 4) is 0 Å². The highest BCUT2D eigenvalue weighted by Gasteiger charge is 2.25. The van der Waals surface area contributed by atoms with Gasteiger partial charge in [-0.3, -0.25) is 24.6 Å². The van der Waals surface area contributed by atoms with Gasteiger partial charge in [-0.05, 0) is 25.0 Å². The molecular weight excluding hydrogens is 298 g/mol. The molecule has 1 saturated heterocycles. The van der Waals surface area contributed by atoms with Crippen LogP contribution in [0.25, 0.3) is 0 Å². The molecule has 1 atom stereocenters. The van der Waals surface area contributed by atoms with Gasteiger partial charge in [0, 0.05) is 30.9 Å². The molecule has 2 aromatic heterocycles. The number of likely N-dealkylation sites (tertiary alicyclic amines) is 1. The molecule has 1 aliphatic rings. The Balaban J connectivity index is 1.63. The molecular formula is C15H17N5O3. The van der Waals surface area contributed by atoms with E-state index in [9.17, 15) is 14.9 Å². The lowest BCUT2D eigenvalue weighted by molar-refractivity contribution is -0.385. The summed E-state index contributed by atoms with van der Waals surface area (Å²) in [6, 6.07) is 5.81. The van der Waals surface area contributed by atoms with Gasteiger partial charge in [0.2, 0.25) is 5.91 Å². The third kappa shape index (κ3) is 3.53. The minimum Gasteiger partial charge on any atom is -0.340 e. The summed E-state index contributed by atoms with van der Waals surface area (Å²) in [6.45, 7) is 1.34. The number of amides is 1. The number of carbonyl (C=O) groups excluding carboxylic acids is 1. The summed E-state index contributed by atoms with van der Waals surface area (Å²) in [6.07, 6.45) is 6.12. The molecule has 8 heteroatoms. The number of hydrogen-bond donors (Lipinski definition) is 0. The largest absolute Gasteiger partial charge is 0.340 e. The van der Waals surface area contributed by atoms with E-state index < -0.39 is 4.92 Å². The molecule has 1 aliphatic heterocycles. The molecule has 1 unspecified atom stereocenters. The normalized spacial score (nSPS) is 17.9. The van der Waals surface area contributed by atoms with Crippen LogP contribution in [-0.4, -0.2) is 43.6 Å². The van der Waals surface area contributed by atoms with E-state index in [-0.39, 0.29) is 24.1 Å². The highest BCUT2D eigenvalue weighted by atomic mass is 16.6. The molecule has 1 fully saturated rings. The van der Waals surface area contributed by atoms with E-state index in [1.807, 2.05) is 18.2 Å². The fraction of sp³-hybridized carbons (Fsp3) is 0.400. The minimum atomic E-state index is -0.522. The standard InChI is InChI=1S/C15H17N5O3/c21-15(11-19-10-13(8-17-19)20(22)23)18-7-3-4-12(9-18)14-5-1-2-6-16-14/h1-2,5-6,8,10,12H,3-4,7,9,11H2. The van der Waals surface area contributed by atoms with E-state index in [4.69, 9.17) is 0 Å². The van der Waals surface area contributed by atoms with Crippen LogP contribution in [0, 0.1) is 10.1 Å². The number of nitrogens with zero attached hydrogens (tertiary/aromatic N) is 5. The van der Waals surface area contributed by atoms with Crippen molar-refractivity contribution in [3.63, 3.8) is 0 Å². The van der Waals surface area contributed by atoms with E-state index >= 15 is 0 Å². The first kappa shape index (κ1) is 15.1. The van der Waals surface area contributed by atoms with Gasteiger partial charge in [0.25, 0.3) is 0 Å². The van der Waals surface area contributed by atoms with Crippen molar-refractivity contribution in [3.05, 3.63) is 52.6 Å². The lowest BCUT2D eigenvalue weighted by atomic mass is 9.94. The van der Waals surface area contributed by atoms with Crippen LogP contribution in [0.2, 0.25) is 0 Å². The summed E-state index contributed by atoms with van der Waals surface area (Å²) in [4.78, 5) is 28.7. The molecule has 0 aliphatic carbocycles. The first-order valence-corrected chi connectivity index (χ1v) is 7.49. The quantitative estimate of drug-likeness (QED) is 0.631. The van der Waals surface area contributed by atoms with Gasteiger partial charge >= 0.3 is 5.69 Å². The van der Waals surface area contributed by atoms with Crippen LogP contribution in [0.5, 0.6) is 0 Å². The van der Waals surface area contributed by atoms with Gasteiger partial charge in [0.15, 0.2) is 0 Å². The van der Waals surface area contributed by atoms with Crippen molar-refractivity contribution in [2.24, 2.45) is 0 Å². The molecule has 1 amide bonds. The van der Waals surface area contributed by atoms with Crippen molar-refractivity contribution in [1.29, 1.82) is 0 Å². The predicted molar refractivity (Wildman–Crippen MR) is 81.7 cm³/mol.